The maximum atomic E-state index is 12.4. The zero-order valence-corrected chi connectivity index (χ0v) is 16.6. The van der Waals surface area contributed by atoms with Gasteiger partial charge in [-0.05, 0) is 37.2 Å². The van der Waals surface area contributed by atoms with Crippen molar-refractivity contribution < 1.29 is 4.79 Å². The Hall–Kier alpha value is -1.96. The lowest BCUT2D eigenvalue weighted by Gasteiger charge is -2.34. The number of piperazine rings is 1. The molecule has 1 amide bonds. The molecule has 1 aromatic carbocycles. The first-order valence-corrected chi connectivity index (χ1v) is 9.37. The summed E-state index contributed by atoms with van der Waals surface area (Å²) in [6.07, 6.45) is 4.00. The minimum Gasteiger partial charge on any atom is -0.327 e. The van der Waals surface area contributed by atoms with Crippen molar-refractivity contribution in [2.75, 3.05) is 38.0 Å². The second-order valence-electron chi connectivity index (χ2n) is 7.01. The second-order valence-corrected chi connectivity index (χ2v) is 7.38. The smallest absolute Gasteiger partial charge is 0.238 e. The van der Waals surface area contributed by atoms with Crippen LogP contribution in [0.1, 0.15) is 11.1 Å². The van der Waals surface area contributed by atoms with E-state index in [9.17, 15) is 4.79 Å². The van der Waals surface area contributed by atoms with Crippen LogP contribution in [0.25, 0.3) is 0 Å². The Labute approximate surface area is 160 Å². The van der Waals surface area contributed by atoms with Crippen LogP contribution in [0.15, 0.2) is 30.6 Å². The number of anilines is 1. The molecule has 1 saturated heterocycles. The zero-order chi connectivity index (χ0) is 18.7. The molecule has 0 atom stereocenters. The number of nitrogens with zero attached hydrogens (tertiary/aromatic N) is 4. The molecule has 0 unspecified atom stereocenters. The zero-order valence-electron chi connectivity index (χ0n) is 15.7. The quantitative estimate of drug-likeness (QED) is 0.818. The lowest BCUT2D eigenvalue weighted by atomic mass is 10.1. The van der Waals surface area contributed by atoms with E-state index in [-0.39, 0.29) is 5.91 Å². The number of carbonyl (C=O) groups is 1. The number of aromatic nitrogens is 2. The number of hydrogen-bond donors (Lipinski definition) is 1. The molecule has 0 radical (unpaired) electrons. The number of nitrogens with one attached hydrogen (secondary N) is 1. The second kappa shape index (κ2) is 8.16. The van der Waals surface area contributed by atoms with Gasteiger partial charge in [0.1, 0.15) is 0 Å². The van der Waals surface area contributed by atoms with Gasteiger partial charge in [0.25, 0.3) is 0 Å². The van der Waals surface area contributed by atoms with Crippen molar-refractivity contribution in [3.63, 3.8) is 0 Å². The van der Waals surface area contributed by atoms with Gasteiger partial charge in [0, 0.05) is 51.3 Å². The van der Waals surface area contributed by atoms with E-state index >= 15 is 0 Å². The van der Waals surface area contributed by atoms with Crippen molar-refractivity contribution in [2.24, 2.45) is 7.05 Å². The van der Waals surface area contributed by atoms with Crippen LogP contribution in [-0.4, -0.2) is 57.6 Å². The summed E-state index contributed by atoms with van der Waals surface area (Å²) in [5.74, 6) is 0.0566. The fraction of sp³-hybridized carbons (Fsp3) is 0.474. The van der Waals surface area contributed by atoms with E-state index in [1.807, 2.05) is 56.1 Å². The highest BCUT2D eigenvalue weighted by atomic mass is 32.1. The lowest BCUT2D eigenvalue weighted by molar-refractivity contribution is -0.117. The molecular formula is C19H27N5OS. The lowest BCUT2D eigenvalue weighted by Crippen LogP contribution is -2.48. The number of aryl methyl sites for hydroxylation is 3. The average molecular weight is 374 g/mol. The Balaban J connectivity index is 1.48. The van der Waals surface area contributed by atoms with Crippen molar-refractivity contribution >= 4 is 23.8 Å². The summed E-state index contributed by atoms with van der Waals surface area (Å²) in [5, 5.41) is 3.07. The van der Waals surface area contributed by atoms with Crippen molar-refractivity contribution in [3.8, 4) is 0 Å². The molecule has 1 aliphatic heterocycles. The maximum Gasteiger partial charge on any atom is 0.238 e. The third kappa shape index (κ3) is 4.41. The summed E-state index contributed by atoms with van der Waals surface area (Å²) in [5.41, 5.74) is 3.14. The van der Waals surface area contributed by atoms with Crippen molar-refractivity contribution in [3.05, 3.63) is 46.5 Å². The van der Waals surface area contributed by atoms with Crippen molar-refractivity contribution in [2.45, 2.75) is 20.5 Å². The minimum atomic E-state index is 0.0566. The first-order chi connectivity index (χ1) is 12.4. The monoisotopic (exact) mass is 373 g/mol. The van der Waals surface area contributed by atoms with Gasteiger partial charge in [0.15, 0.2) is 4.77 Å². The van der Waals surface area contributed by atoms with E-state index in [4.69, 9.17) is 12.2 Å². The highest BCUT2D eigenvalue weighted by Crippen LogP contribution is 2.19. The molecule has 0 spiro atoms. The molecule has 3 rings (SSSR count). The normalized spacial score (nSPS) is 16.0. The Morgan fingerprint density at radius 1 is 1.08 bits per heavy atom. The Bertz CT molecular complexity index is 812. The molecule has 7 heteroatoms. The molecule has 2 heterocycles. The van der Waals surface area contributed by atoms with Gasteiger partial charge in [0.2, 0.25) is 5.91 Å². The summed E-state index contributed by atoms with van der Waals surface area (Å²) in [6, 6.07) is 6.06. The summed E-state index contributed by atoms with van der Waals surface area (Å²) in [7, 11) is 1.96. The fourth-order valence-electron chi connectivity index (χ4n) is 3.32. The van der Waals surface area contributed by atoms with Crippen LogP contribution in [-0.2, 0) is 18.5 Å². The molecule has 1 aromatic heterocycles. The van der Waals surface area contributed by atoms with E-state index < -0.39 is 0 Å². The number of para-hydroxylation sites is 1. The van der Waals surface area contributed by atoms with Gasteiger partial charge in [-0.25, -0.2) is 0 Å². The highest BCUT2D eigenvalue weighted by Gasteiger charge is 2.19. The van der Waals surface area contributed by atoms with Crippen molar-refractivity contribution in [1.29, 1.82) is 0 Å². The van der Waals surface area contributed by atoms with Gasteiger partial charge in [0.05, 0.1) is 13.2 Å². The van der Waals surface area contributed by atoms with Crippen LogP contribution in [0.2, 0.25) is 0 Å². The number of benzene rings is 1. The number of hydrogen-bond acceptors (Lipinski definition) is 4. The van der Waals surface area contributed by atoms with Gasteiger partial charge < -0.3 is 14.5 Å². The van der Waals surface area contributed by atoms with Crippen LogP contribution in [0.5, 0.6) is 0 Å². The molecule has 140 valence electrons. The predicted octanol–water partition coefficient (Wildman–Crippen LogP) is 2.39. The van der Waals surface area contributed by atoms with E-state index in [0.717, 1.165) is 54.4 Å². The first kappa shape index (κ1) is 18.8. The van der Waals surface area contributed by atoms with Gasteiger partial charge in [-0.1, -0.05) is 18.2 Å². The van der Waals surface area contributed by atoms with Crippen LogP contribution >= 0.6 is 12.2 Å². The maximum absolute atomic E-state index is 12.4. The van der Waals surface area contributed by atoms with Crippen LogP contribution in [0.3, 0.4) is 0 Å². The SMILES string of the molecule is Cc1cccc(C)c1NC(=O)CN1CCN(Cn2ccn(C)c2=S)CC1. The van der Waals surface area contributed by atoms with Crippen LogP contribution in [0, 0.1) is 18.6 Å². The molecule has 1 N–H and O–H groups in total. The van der Waals surface area contributed by atoms with Gasteiger partial charge in [-0.3, -0.25) is 14.6 Å². The predicted molar refractivity (Wildman–Crippen MR) is 107 cm³/mol. The standard InChI is InChI=1S/C19H27N5OS/c1-15-5-4-6-16(2)18(15)20-17(25)13-22-8-10-23(11-9-22)14-24-12-7-21(3)19(24)26/h4-7,12H,8-11,13-14H2,1-3H3,(H,20,25). The Kier molecular flexibility index (Phi) is 5.90. The molecule has 1 fully saturated rings. The third-order valence-electron chi connectivity index (χ3n) is 4.95. The molecule has 0 aliphatic carbocycles. The molecule has 0 bridgehead atoms. The molecule has 1 aliphatic rings. The number of amides is 1. The van der Waals surface area contributed by atoms with Crippen molar-refractivity contribution in [1.82, 2.24) is 18.9 Å². The largest absolute Gasteiger partial charge is 0.327 e. The minimum absolute atomic E-state index is 0.0566. The van der Waals surface area contributed by atoms with Gasteiger partial charge in [-0.15, -0.1) is 0 Å². The molecule has 26 heavy (non-hydrogen) atoms. The summed E-state index contributed by atoms with van der Waals surface area (Å²) in [6.45, 7) is 8.95. The summed E-state index contributed by atoms with van der Waals surface area (Å²) < 4.78 is 4.86. The van der Waals surface area contributed by atoms with Crippen LogP contribution < -0.4 is 5.32 Å². The molecule has 6 nitrogen and oxygen atoms in total. The van der Waals surface area contributed by atoms with Gasteiger partial charge >= 0.3 is 0 Å². The number of rotatable bonds is 5. The van der Waals surface area contributed by atoms with E-state index in [2.05, 4.69) is 19.7 Å². The average Bonchev–Trinajstić information content (AvgIpc) is 2.92. The van der Waals surface area contributed by atoms with E-state index in [1.165, 1.54) is 0 Å². The highest BCUT2D eigenvalue weighted by molar-refractivity contribution is 7.71. The third-order valence-corrected chi connectivity index (χ3v) is 5.47. The number of carbonyl (C=O) groups excluding carboxylic acids is 1. The number of imidazole rings is 1. The van der Waals surface area contributed by atoms with Crippen LogP contribution in [0.4, 0.5) is 5.69 Å². The summed E-state index contributed by atoms with van der Waals surface area (Å²) in [4.78, 5) is 17.0. The topological polar surface area (TPSA) is 45.4 Å². The molecule has 2 aromatic rings. The van der Waals surface area contributed by atoms with E-state index in [1.54, 1.807) is 0 Å². The fourth-order valence-corrected chi connectivity index (χ4v) is 3.50. The van der Waals surface area contributed by atoms with E-state index in [0.29, 0.717) is 6.54 Å². The Morgan fingerprint density at radius 2 is 1.69 bits per heavy atom. The molecule has 0 saturated carbocycles. The molecular weight excluding hydrogens is 346 g/mol. The van der Waals surface area contributed by atoms with Gasteiger partial charge in [-0.2, -0.15) is 0 Å². The Morgan fingerprint density at radius 3 is 2.27 bits per heavy atom. The first-order valence-electron chi connectivity index (χ1n) is 8.96. The summed E-state index contributed by atoms with van der Waals surface area (Å²) >= 11 is 5.39.